The van der Waals surface area contributed by atoms with Crippen LogP contribution >= 0.6 is 12.4 Å². The quantitative estimate of drug-likeness (QED) is 0.736. The second-order valence-corrected chi connectivity index (χ2v) is 5.43. The maximum absolute atomic E-state index is 11.1. The van der Waals surface area contributed by atoms with Crippen LogP contribution in [0.1, 0.15) is 19.8 Å². The van der Waals surface area contributed by atoms with Gasteiger partial charge in [-0.3, -0.25) is 9.78 Å². The average molecular weight is 317 g/mol. The Bertz CT molecular complexity index is 448. The van der Waals surface area contributed by atoms with Crippen molar-refractivity contribution in [3.63, 3.8) is 0 Å². The predicted molar refractivity (Wildman–Crippen MR) is 79.3 cm³/mol. The normalized spacial score (nSPS) is 27.8. The van der Waals surface area contributed by atoms with Gasteiger partial charge in [0.15, 0.2) is 0 Å². The number of aliphatic hydroxyl groups excluding tert-OH is 2. The molecule has 1 aliphatic rings. The summed E-state index contributed by atoms with van der Waals surface area (Å²) in [5, 5.41) is 22.3. The molecule has 21 heavy (non-hydrogen) atoms. The fraction of sp³-hybridized carbons (Fsp3) is 0.571. The summed E-state index contributed by atoms with van der Waals surface area (Å²) in [6.07, 6.45) is 2.50. The SMILES string of the molecule is CC(=O)NCC1(COc2cccnc2)C[C@@H](O)[C@@H](O)C1.Cl. The zero-order chi connectivity index (χ0) is 14.6. The lowest BCUT2D eigenvalue weighted by Gasteiger charge is -2.28. The van der Waals surface area contributed by atoms with Crippen LogP contribution in [0.4, 0.5) is 0 Å². The summed E-state index contributed by atoms with van der Waals surface area (Å²) in [4.78, 5) is 15.1. The van der Waals surface area contributed by atoms with Crippen molar-refractivity contribution in [2.24, 2.45) is 5.41 Å². The molecule has 1 aromatic heterocycles. The molecule has 6 nitrogen and oxygen atoms in total. The van der Waals surface area contributed by atoms with Crippen LogP contribution in [-0.4, -0.2) is 46.5 Å². The molecule has 1 saturated carbocycles. The first-order valence-corrected chi connectivity index (χ1v) is 6.64. The van der Waals surface area contributed by atoms with E-state index in [2.05, 4.69) is 10.3 Å². The molecule has 1 fully saturated rings. The minimum absolute atomic E-state index is 0. The summed E-state index contributed by atoms with van der Waals surface area (Å²) in [7, 11) is 0. The summed E-state index contributed by atoms with van der Waals surface area (Å²) in [5.74, 6) is 0.493. The van der Waals surface area contributed by atoms with Crippen LogP contribution in [0.5, 0.6) is 5.75 Å². The van der Waals surface area contributed by atoms with Gasteiger partial charge >= 0.3 is 0 Å². The first-order valence-electron chi connectivity index (χ1n) is 6.64. The Balaban J connectivity index is 0.00000220. The minimum Gasteiger partial charge on any atom is -0.491 e. The van der Waals surface area contributed by atoms with E-state index in [4.69, 9.17) is 4.74 Å². The molecule has 0 aliphatic heterocycles. The molecule has 1 heterocycles. The van der Waals surface area contributed by atoms with E-state index in [9.17, 15) is 15.0 Å². The molecule has 0 bridgehead atoms. The Morgan fingerprint density at radius 1 is 1.48 bits per heavy atom. The number of halogens is 1. The Labute approximate surface area is 129 Å². The van der Waals surface area contributed by atoms with Crippen LogP contribution in [0.2, 0.25) is 0 Å². The molecule has 2 rings (SSSR count). The van der Waals surface area contributed by atoms with Gasteiger partial charge in [0.25, 0.3) is 0 Å². The van der Waals surface area contributed by atoms with E-state index >= 15 is 0 Å². The highest BCUT2D eigenvalue weighted by Gasteiger charge is 2.44. The Morgan fingerprint density at radius 2 is 2.14 bits per heavy atom. The third-order valence-corrected chi connectivity index (χ3v) is 3.62. The third kappa shape index (κ3) is 4.84. The summed E-state index contributed by atoms with van der Waals surface area (Å²) in [6.45, 7) is 2.13. The Morgan fingerprint density at radius 3 is 2.67 bits per heavy atom. The number of aromatic nitrogens is 1. The second kappa shape index (κ2) is 7.59. The van der Waals surface area contributed by atoms with E-state index in [1.54, 1.807) is 24.5 Å². The van der Waals surface area contributed by atoms with Gasteiger partial charge in [-0.05, 0) is 25.0 Å². The lowest BCUT2D eigenvalue weighted by molar-refractivity contribution is -0.119. The van der Waals surface area contributed by atoms with E-state index in [0.717, 1.165) is 0 Å². The largest absolute Gasteiger partial charge is 0.491 e. The van der Waals surface area contributed by atoms with E-state index in [1.165, 1.54) is 6.92 Å². The maximum Gasteiger partial charge on any atom is 0.216 e. The second-order valence-electron chi connectivity index (χ2n) is 5.43. The van der Waals surface area contributed by atoms with Crippen molar-refractivity contribution in [3.8, 4) is 5.75 Å². The van der Waals surface area contributed by atoms with Crippen molar-refractivity contribution in [1.82, 2.24) is 10.3 Å². The summed E-state index contributed by atoms with van der Waals surface area (Å²) in [5.41, 5.74) is -0.458. The maximum atomic E-state index is 11.1. The number of carbonyl (C=O) groups excluding carboxylic acids is 1. The lowest BCUT2D eigenvalue weighted by atomic mass is 9.86. The third-order valence-electron chi connectivity index (χ3n) is 3.62. The zero-order valence-corrected chi connectivity index (χ0v) is 12.7. The molecule has 0 spiro atoms. The number of aliphatic hydroxyl groups is 2. The van der Waals surface area contributed by atoms with E-state index in [0.29, 0.717) is 31.7 Å². The van der Waals surface area contributed by atoms with Crippen LogP contribution < -0.4 is 10.1 Å². The Hall–Kier alpha value is -1.37. The van der Waals surface area contributed by atoms with Gasteiger partial charge in [0.2, 0.25) is 5.91 Å². The number of pyridine rings is 1. The average Bonchev–Trinajstić information content (AvgIpc) is 2.72. The van der Waals surface area contributed by atoms with Gasteiger partial charge < -0.3 is 20.3 Å². The molecule has 0 radical (unpaired) electrons. The number of nitrogens with one attached hydrogen (secondary N) is 1. The van der Waals surface area contributed by atoms with Gasteiger partial charge in [0.05, 0.1) is 25.0 Å². The van der Waals surface area contributed by atoms with Gasteiger partial charge in [-0.2, -0.15) is 0 Å². The molecule has 0 saturated heterocycles. The molecule has 118 valence electrons. The monoisotopic (exact) mass is 316 g/mol. The standard InChI is InChI=1S/C14H20N2O4.ClH/c1-10(17)16-8-14(5-12(18)13(19)6-14)9-20-11-3-2-4-15-7-11;/h2-4,7,12-13,18-19H,5-6,8-9H2,1H3,(H,16,17);1H/t12-,13+,14?;. The fourth-order valence-electron chi connectivity index (χ4n) is 2.54. The molecule has 1 unspecified atom stereocenters. The van der Waals surface area contributed by atoms with Crippen LogP contribution in [0.15, 0.2) is 24.5 Å². The van der Waals surface area contributed by atoms with Gasteiger partial charge in [-0.1, -0.05) is 0 Å². The highest BCUT2D eigenvalue weighted by molar-refractivity contribution is 5.85. The van der Waals surface area contributed by atoms with Gasteiger partial charge in [0, 0.05) is 25.1 Å². The zero-order valence-electron chi connectivity index (χ0n) is 11.9. The van der Waals surface area contributed by atoms with Crippen molar-refractivity contribution in [2.75, 3.05) is 13.2 Å². The van der Waals surface area contributed by atoms with Crippen LogP contribution in [0, 0.1) is 5.41 Å². The Kier molecular flexibility index (Phi) is 6.39. The first kappa shape index (κ1) is 17.7. The van der Waals surface area contributed by atoms with Crippen LogP contribution in [0.3, 0.4) is 0 Å². The lowest BCUT2D eigenvalue weighted by Crippen LogP contribution is -2.39. The first-order chi connectivity index (χ1) is 9.51. The summed E-state index contributed by atoms with van der Waals surface area (Å²) >= 11 is 0. The summed E-state index contributed by atoms with van der Waals surface area (Å²) < 4.78 is 5.69. The molecule has 1 aliphatic carbocycles. The number of ether oxygens (including phenoxy) is 1. The van der Waals surface area contributed by atoms with E-state index < -0.39 is 17.6 Å². The number of hydrogen-bond acceptors (Lipinski definition) is 5. The van der Waals surface area contributed by atoms with Gasteiger partial charge in [-0.15, -0.1) is 12.4 Å². The van der Waals surface area contributed by atoms with Gasteiger partial charge in [0.1, 0.15) is 5.75 Å². The molecule has 3 N–H and O–H groups in total. The minimum atomic E-state index is -0.777. The number of rotatable bonds is 5. The fourth-order valence-corrected chi connectivity index (χ4v) is 2.54. The van der Waals surface area contributed by atoms with Crippen molar-refractivity contribution < 1.29 is 19.7 Å². The topological polar surface area (TPSA) is 91.7 Å². The molecular formula is C14H21ClN2O4. The summed E-state index contributed by atoms with van der Waals surface area (Å²) in [6, 6.07) is 3.56. The van der Waals surface area contributed by atoms with Crippen molar-refractivity contribution in [2.45, 2.75) is 32.0 Å². The predicted octanol–water partition coefficient (Wildman–Crippen LogP) is 0.520. The number of nitrogens with zero attached hydrogens (tertiary/aromatic N) is 1. The van der Waals surface area contributed by atoms with E-state index in [-0.39, 0.29) is 18.3 Å². The molecule has 1 amide bonds. The number of hydrogen-bond donors (Lipinski definition) is 3. The van der Waals surface area contributed by atoms with Crippen molar-refractivity contribution >= 4 is 18.3 Å². The van der Waals surface area contributed by atoms with Crippen LogP contribution in [0.25, 0.3) is 0 Å². The molecule has 0 aromatic carbocycles. The van der Waals surface area contributed by atoms with Gasteiger partial charge in [-0.25, -0.2) is 0 Å². The molecule has 7 heteroatoms. The highest BCUT2D eigenvalue weighted by atomic mass is 35.5. The van der Waals surface area contributed by atoms with Crippen LogP contribution in [-0.2, 0) is 4.79 Å². The van der Waals surface area contributed by atoms with Crippen molar-refractivity contribution in [3.05, 3.63) is 24.5 Å². The van der Waals surface area contributed by atoms with E-state index in [1.807, 2.05) is 0 Å². The van der Waals surface area contributed by atoms with Crippen molar-refractivity contribution in [1.29, 1.82) is 0 Å². The molecule has 3 atom stereocenters. The molecular weight excluding hydrogens is 296 g/mol. The number of carbonyl (C=O) groups is 1. The smallest absolute Gasteiger partial charge is 0.216 e. The highest BCUT2D eigenvalue weighted by Crippen LogP contribution is 2.38. The molecule has 1 aromatic rings. The number of amides is 1.